The van der Waals surface area contributed by atoms with Gasteiger partial charge in [0.1, 0.15) is 17.0 Å². The molecule has 1 aromatic carbocycles. The molecule has 3 heterocycles. The van der Waals surface area contributed by atoms with Crippen LogP contribution in [0.25, 0.3) is 11.0 Å². The second kappa shape index (κ2) is 6.16. The van der Waals surface area contributed by atoms with Gasteiger partial charge in [-0.1, -0.05) is 12.1 Å². The highest BCUT2D eigenvalue weighted by Gasteiger charge is 2.29. The van der Waals surface area contributed by atoms with Crippen molar-refractivity contribution in [3.8, 4) is 0 Å². The first kappa shape index (κ1) is 15.6. The number of anilines is 1. The summed E-state index contributed by atoms with van der Waals surface area (Å²) in [7, 11) is 0. The Morgan fingerprint density at radius 3 is 2.88 bits per heavy atom. The summed E-state index contributed by atoms with van der Waals surface area (Å²) in [6, 6.07) is 10.2. The molecule has 6 nitrogen and oxygen atoms in total. The number of aromatic amines is 1. The van der Waals surface area contributed by atoms with Crippen LogP contribution in [0.15, 0.2) is 42.6 Å². The number of hydrogen-bond acceptors (Lipinski definition) is 4. The van der Waals surface area contributed by atoms with Crippen LogP contribution in [0.1, 0.15) is 17.4 Å². The summed E-state index contributed by atoms with van der Waals surface area (Å²) < 4.78 is 14.0. The van der Waals surface area contributed by atoms with E-state index in [-0.39, 0.29) is 17.8 Å². The second-order valence-electron chi connectivity index (χ2n) is 6.24. The van der Waals surface area contributed by atoms with Crippen LogP contribution in [-0.2, 0) is 0 Å². The monoisotopic (exact) mass is 339 g/mol. The highest BCUT2D eigenvalue weighted by atomic mass is 19.1. The minimum absolute atomic E-state index is 0.0392. The van der Waals surface area contributed by atoms with Crippen LogP contribution in [0.2, 0.25) is 0 Å². The number of piperazine rings is 1. The minimum atomic E-state index is -0.235. The van der Waals surface area contributed by atoms with Crippen molar-refractivity contribution < 1.29 is 9.18 Å². The van der Waals surface area contributed by atoms with Crippen molar-refractivity contribution in [2.45, 2.75) is 13.0 Å². The van der Waals surface area contributed by atoms with Gasteiger partial charge in [-0.05, 0) is 31.2 Å². The van der Waals surface area contributed by atoms with Crippen molar-refractivity contribution in [1.82, 2.24) is 20.1 Å². The number of carbonyl (C=O) groups is 1. The lowest BCUT2D eigenvalue weighted by Gasteiger charge is -2.40. The minimum Gasteiger partial charge on any atom is -0.365 e. The fourth-order valence-corrected chi connectivity index (χ4v) is 3.28. The number of fused-ring (bicyclic) bond motifs is 1. The fourth-order valence-electron chi connectivity index (χ4n) is 3.28. The van der Waals surface area contributed by atoms with Gasteiger partial charge in [-0.2, -0.15) is 5.10 Å². The first-order valence-corrected chi connectivity index (χ1v) is 8.24. The van der Waals surface area contributed by atoms with Crippen LogP contribution in [0.3, 0.4) is 0 Å². The molecule has 1 N–H and O–H groups in total. The van der Waals surface area contributed by atoms with E-state index in [1.165, 1.54) is 6.07 Å². The van der Waals surface area contributed by atoms with Gasteiger partial charge in [0, 0.05) is 25.7 Å². The number of benzene rings is 1. The Hall–Kier alpha value is -2.96. The van der Waals surface area contributed by atoms with Gasteiger partial charge in [-0.25, -0.2) is 9.37 Å². The lowest BCUT2D eigenvalue weighted by molar-refractivity contribution is 0.0668. The Morgan fingerprint density at radius 1 is 1.24 bits per heavy atom. The highest BCUT2D eigenvalue weighted by molar-refractivity contribution is 5.94. The van der Waals surface area contributed by atoms with E-state index >= 15 is 0 Å². The van der Waals surface area contributed by atoms with Crippen LogP contribution in [-0.4, -0.2) is 51.7 Å². The topological polar surface area (TPSA) is 65.1 Å². The number of halogens is 1. The Kier molecular flexibility index (Phi) is 3.83. The van der Waals surface area contributed by atoms with Crippen molar-refractivity contribution in [3.05, 3.63) is 54.1 Å². The summed E-state index contributed by atoms with van der Waals surface area (Å²) in [5.41, 5.74) is 2.46. The van der Waals surface area contributed by atoms with Crippen LogP contribution in [0.5, 0.6) is 0 Å². The van der Waals surface area contributed by atoms with E-state index in [9.17, 15) is 9.18 Å². The Bertz CT molecular complexity index is 924. The third-order valence-electron chi connectivity index (χ3n) is 4.60. The molecule has 25 heavy (non-hydrogen) atoms. The molecule has 1 fully saturated rings. The molecule has 1 atom stereocenters. The number of hydrogen-bond donors (Lipinski definition) is 1. The Morgan fingerprint density at radius 2 is 2.08 bits per heavy atom. The number of pyridine rings is 1. The first-order valence-electron chi connectivity index (χ1n) is 8.24. The van der Waals surface area contributed by atoms with E-state index in [2.05, 4.69) is 15.2 Å². The average Bonchev–Trinajstić information content (AvgIpc) is 3.09. The molecule has 4 rings (SSSR count). The molecule has 1 amide bonds. The van der Waals surface area contributed by atoms with Gasteiger partial charge in [0.15, 0.2) is 0 Å². The third kappa shape index (κ3) is 2.82. The van der Waals surface area contributed by atoms with Crippen molar-refractivity contribution in [2.75, 3.05) is 24.5 Å². The van der Waals surface area contributed by atoms with Gasteiger partial charge in [0.05, 0.1) is 17.4 Å². The van der Waals surface area contributed by atoms with Gasteiger partial charge in [-0.3, -0.25) is 9.89 Å². The predicted octanol–water partition coefficient (Wildman–Crippen LogP) is 2.45. The molecule has 1 saturated heterocycles. The molecule has 1 aliphatic heterocycles. The maximum atomic E-state index is 14.0. The molecule has 0 saturated carbocycles. The van der Waals surface area contributed by atoms with Gasteiger partial charge >= 0.3 is 0 Å². The molecule has 0 aliphatic carbocycles. The van der Waals surface area contributed by atoms with E-state index in [1.54, 1.807) is 29.3 Å². The summed E-state index contributed by atoms with van der Waals surface area (Å²) in [4.78, 5) is 21.0. The lowest BCUT2D eigenvalue weighted by atomic mass is 10.1. The average molecular weight is 339 g/mol. The maximum absolute atomic E-state index is 14.0. The van der Waals surface area contributed by atoms with Crippen molar-refractivity contribution in [2.24, 2.45) is 0 Å². The smallest absolute Gasteiger partial charge is 0.272 e. The normalized spacial score (nSPS) is 17.9. The first-order chi connectivity index (χ1) is 12.1. The summed E-state index contributed by atoms with van der Waals surface area (Å²) in [5.74, 6) is -0.342. The molecule has 0 bridgehead atoms. The molecule has 7 heteroatoms. The SMILES string of the molecule is CC1CN(c2ccccc2F)CCN1C(=O)c1ccc2[nH]ncc2n1. The Balaban J connectivity index is 1.52. The third-order valence-corrected chi connectivity index (χ3v) is 4.60. The molecule has 3 aromatic rings. The molecule has 128 valence electrons. The molecule has 1 aliphatic rings. The van der Waals surface area contributed by atoms with E-state index in [0.29, 0.717) is 36.5 Å². The summed E-state index contributed by atoms with van der Waals surface area (Å²) in [6.45, 7) is 3.67. The lowest BCUT2D eigenvalue weighted by Crippen LogP contribution is -2.54. The number of carbonyl (C=O) groups excluding carboxylic acids is 1. The van der Waals surface area contributed by atoms with E-state index in [1.807, 2.05) is 24.0 Å². The number of nitrogens with one attached hydrogen (secondary N) is 1. The quantitative estimate of drug-likeness (QED) is 0.779. The number of H-pyrrole nitrogens is 1. The van der Waals surface area contributed by atoms with E-state index in [0.717, 1.165) is 5.52 Å². The number of aromatic nitrogens is 3. The van der Waals surface area contributed by atoms with Crippen molar-refractivity contribution >= 4 is 22.6 Å². The highest BCUT2D eigenvalue weighted by Crippen LogP contribution is 2.23. The fraction of sp³-hybridized carbons (Fsp3) is 0.278. The summed E-state index contributed by atoms with van der Waals surface area (Å²) >= 11 is 0. The van der Waals surface area contributed by atoms with Crippen LogP contribution < -0.4 is 4.90 Å². The van der Waals surface area contributed by atoms with Crippen LogP contribution in [0, 0.1) is 5.82 Å². The van der Waals surface area contributed by atoms with E-state index in [4.69, 9.17) is 0 Å². The molecule has 1 unspecified atom stereocenters. The molecule has 0 spiro atoms. The van der Waals surface area contributed by atoms with Crippen molar-refractivity contribution in [1.29, 1.82) is 0 Å². The number of nitrogens with zero attached hydrogens (tertiary/aromatic N) is 4. The zero-order valence-electron chi connectivity index (χ0n) is 13.8. The molecule has 2 aromatic heterocycles. The molecular weight excluding hydrogens is 321 g/mol. The van der Waals surface area contributed by atoms with Gasteiger partial charge in [0.2, 0.25) is 0 Å². The summed E-state index contributed by atoms with van der Waals surface area (Å²) in [5, 5.41) is 6.75. The number of amides is 1. The van der Waals surface area contributed by atoms with Gasteiger partial charge in [-0.15, -0.1) is 0 Å². The molecule has 0 radical (unpaired) electrons. The van der Waals surface area contributed by atoms with E-state index < -0.39 is 0 Å². The number of para-hydroxylation sites is 1. The van der Waals surface area contributed by atoms with Gasteiger partial charge in [0.25, 0.3) is 5.91 Å². The number of rotatable bonds is 2. The van der Waals surface area contributed by atoms with Crippen molar-refractivity contribution in [3.63, 3.8) is 0 Å². The largest absolute Gasteiger partial charge is 0.365 e. The maximum Gasteiger partial charge on any atom is 0.272 e. The van der Waals surface area contributed by atoms with Gasteiger partial charge < -0.3 is 9.80 Å². The molecular formula is C18H18FN5O. The predicted molar refractivity (Wildman–Crippen MR) is 93.0 cm³/mol. The van der Waals surface area contributed by atoms with Crippen LogP contribution >= 0.6 is 0 Å². The second-order valence-corrected chi connectivity index (χ2v) is 6.24. The Labute approximate surface area is 144 Å². The zero-order valence-corrected chi connectivity index (χ0v) is 13.8. The summed E-state index contributed by atoms with van der Waals surface area (Å²) in [6.07, 6.45) is 1.60. The van der Waals surface area contributed by atoms with Crippen LogP contribution in [0.4, 0.5) is 10.1 Å². The zero-order chi connectivity index (χ0) is 17.4. The standard InChI is InChI=1S/C18H18FN5O/c1-12-11-23(17-5-3-2-4-13(17)19)8-9-24(12)18(25)15-7-6-14-16(21-15)10-20-22-14/h2-7,10,12H,8-9,11H2,1H3,(H,20,22).